The minimum atomic E-state index is 0.658. The first-order valence-corrected chi connectivity index (χ1v) is 11.0. The Bertz CT molecular complexity index is 941. The highest BCUT2D eigenvalue weighted by atomic mass is 15.2. The van der Waals surface area contributed by atoms with E-state index in [1.807, 2.05) is 23.0 Å². The number of aromatic nitrogens is 3. The Morgan fingerprint density at radius 1 is 0.935 bits per heavy atom. The topological polar surface area (TPSA) is 70.4 Å². The molecule has 2 aromatic heterocycles. The molecule has 0 saturated carbocycles. The fourth-order valence-corrected chi connectivity index (χ4v) is 3.80. The van der Waals surface area contributed by atoms with Crippen LogP contribution >= 0.6 is 0 Å². The van der Waals surface area contributed by atoms with Crippen molar-refractivity contribution in [3.05, 3.63) is 78.0 Å². The van der Waals surface area contributed by atoms with Gasteiger partial charge in [-0.05, 0) is 48.7 Å². The maximum Gasteiger partial charge on any atom is 0.191 e. The molecule has 0 bridgehead atoms. The molecule has 31 heavy (non-hydrogen) atoms. The van der Waals surface area contributed by atoms with Crippen molar-refractivity contribution >= 4 is 5.96 Å². The van der Waals surface area contributed by atoms with Crippen LogP contribution in [0.1, 0.15) is 36.0 Å². The summed E-state index contributed by atoms with van der Waals surface area (Å²) in [6, 6.07) is 12.9. The molecule has 0 unspecified atom stereocenters. The maximum atomic E-state index is 4.49. The van der Waals surface area contributed by atoms with Crippen LogP contribution in [-0.4, -0.2) is 45.5 Å². The van der Waals surface area contributed by atoms with E-state index >= 15 is 0 Å². The Balaban J connectivity index is 1.23. The van der Waals surface area contributed by atoms with E-state index in [0.29, 0.717) is 6.54 Å². The fourth-order valence-electron chi connectivity index (χ4n) is 3.80. The van der Waals surface area contributed by atoms with Gasteiger partial charge < -0.3 is 10.6 Å². The number of guanidine groups is 1. The summed E-state index contributed by atoms with van der Waals surface area (Å²) in [5.74, 6) is 1.63. The number of nitrogens with one attached hydrogen (secondary N) is 2. The second-order valence-corrected chi connectivity index (χ2v) is 7.93. The van der Waals surface area contributed by atoms with E-state index in [1.54, 1.807) is 19.6 Å². The van der Waals surface area contributed by atoms with Crippen molar-refractivity contribution in [2.24, 2.45) is 4.99 Å². The number of rotatable bonds is 7. The van der Waals surface area contributed by atoms with E-state index in [2.05, 4.69) is 60.8 Å². The zero-order valence-electron chi connectivity index (χ0n) is 18.2. The third-order valence-corrected chi connectivity index (χ3v) is 5.60. The number of piperidine rings is 1. The molecule has 3 heterocycles. The molecular formula is C24H31N7. The average molecular weight is 418 g/mol. The molecule has 0 spiro atoms. The van der Waals surface area contributed by atoms with Gasteiger partial charge in [-0.15, -0.1) is 0 Å². The molecule has 162 valence electrons. The zero-order valence-corrected chi connectivity index (χ0v) is 18.2. The Labute approximate surface area is 184 Å². The van der Waals surface area contributed by atoms with Crippen molar-refractivity contribution < 1.29 is 0 Å². The van der Waals surface area contributed by atoms with E-state index in [-0.39, 0.29) is 0 Å². The smallest absolute Gasteiger partial charge is 0.191 e. The van der Waals surface area contributed by atoms with Crippen LogP contribution in [0.15, 0.2) is 66.3 Å². The second kappa shape index (κ2) is 10.7. The summed E-state index contributed by atoms with van der Waals surface area (Å²) in [5, 5.41) is 6.74. The van der Waals surface area contributed by atoms with E-state index in [1.165, 1.54) is 43.5 Å². The first kappa shape index (κ1) is 21.1. The van der Waals surface area contributed by atoms with Gasteiger partial charge in [-0.2, -0.15) is 0 Å². The third-order valence-electron chi connectivity index (χ3n) is 5.60. The number of pyridine rings is 1. The Morgan fingerprint density at radius 2 is 1.65 bits per heavy atom. The van der Waals surface area contributed by atoms with Gasteiger partial charge in [0.1, 0.15) is 12.1 Å². The number of imidazole rings is 1. The monoisotopic (exact) mass is 417 g/mol. The molecule has 1 aromatic carbocycles. The van der Waals surface area contributed by atoms with Crippen molar-refractivity contribution in [2.45, 2.75) is 38.9 Å². The lowest BCUT2D eigenvalue weighted by atomic mass is 10.1. The zero-order chi connectivity index (χ0) is 21.3. The molecule has 7 nitrogen and oxygen atoms in total. The van der Waals surface area contributed by atoms with Crippen molar-refractivity contribution in [2.75, 3.05) is 20.1 Å². The van der Waals surface area contributed by atoms with Gasteiger partial charge in [0.2, 0.25) is 0 Å². The summed E-state index contributed by atoms with van der Waals surface area (Å²) < 4.78 is 1.88. The number of benzene rings is 1. The van der Waals surface area contributed by atoms with Gasteiger partial charge in [-0.1, -0.05) is 36.8 Å². The van der Waals surface area contributed by atoms with Gasteiger partial charge in [-0.25, -0.2) is 9.97 Å². The standard InChI is InChI=1S/C24H31N7/c1-25-24(29-17-22-9-10-23(27-16-22)31-14-11-26-19-31)28-15-20-5-7-21(8-6-20)18-30-12-3-2-4-13-30/h5-11,14,16,19H,2-4,12-13,15,17-18H2,1H3,(H2,25,28,29). The van der Waals surface area contributed by atoms with E-state index in [0.717, 1.165) is 30.4 Å². The number of nitrogens with zero attached hydrogens (tertiary/aromatic N) is 5. The lowest BCUT2D eigenvalue weighted by Gasteiger charge is -2.26. The molecule has 1 aliphatic heterocycles. The summed E-state index contributed by atoms with van der Waals surface area (Å²) >= 11 is 0. The van der Waals surface area contributed by atoms with E-state index < -0.39 is 0 Å². The summed E-state index contributed by atoms with van der Waals surface area (Å²) in [6.07, 6.45) is 11.3. The molecule has 1 fully saturated rings. The summed E-state index contributed by atoms with van der Waals surface area (Å²) in [5.41, 5.74) is 3.73. The molecule has 0 amide bonds. The highest BCUT2D eigenvalue weighted by molar-refractivity contribution is 5.79. The molecule has 0 aliphatic carbocycles. The maximum absolute atomic E-state index is 4.49. The van der Waals surface area contributed by atoms with Crippen molar-refractivity contribution in [3.63, 3.8) is 0 Å². The van der Waals surface area contributed by atoms with Crippen LogP contribution in [0.2, 0.25) is 0 Å². The van der Waals surface area contributed by atoms with Gasteiger partial charge >= 0.3 is 0 Å². The minimum Gasteiger partial charge on any atom is -0.352 e. The Hall–Kier alpha value is -3.19. The quantitative estimate of drug-likeness (QED) is 0.457. The lowest BCUT2D eigenvalue weighted by molar-refractivity contribution is 0.221. The van der Waals surface area contributed by atoms with Gasteiger partial charge in [0.15, 0.2) is 5.96 Å². The SMILES string of the molecule is CN=C(NCc1ccc(CN2CCCCC2)cc1)NCc1ccc(-n2ccnc2)nc1. The van der Waals surface area contributed by atoms with Crippen LogP contribution in [0.3, 0.4) is 0 Å². The first-order valence-electron chi connectivity index (χ1n) is 11.0. The molecular weight excluding hydrogens is 386 g/mol. The second-order valence-electron chi connectivity index (χ2n) is 7.93. The highest BCUT2D eigenvalue weighted by Crippen LogP contribution is 2.13. The Kier molecular flexibility index (Phi) is 7.28. The number of hydrogen-bond acceptors (Lipinski definition) is 4. The average Bonchev–Trinajstić information content (AvgIpc) is 3.36. The van der Waals surface area contributed by atoms with Crippen molar-refractivity contribution in [1.29, 1.82) is 0 Å². The van der Waals surface area contributed by atoms with E-state index in [4.69, 9.17) is 0 Å². The molecule has 7 heteroatoms. The highest BCUT2D eigenvalue weighted by Gasteiger charge is 2.10. The number of aliphatic imine (C=N–C) groups is 1. The van der Waals surface area contributed by atoms with Gasteiger partial charge in [-0.3, -0.25) is 14.5 Å². The van der Waals surface area contributed by atoms with Gasteiger partial charge in [0.25, 0.3) is 0 Å². The number of hydrogen-bond donors (Lipinski definition) is 2. The first-order chi connectivity index (χ1) is 15.3. The summed E-state index contributed by atoms with van der Waals surface area (Å²) in [6.45, 7) is 4.91. The van der Waals surface area contributed by atoms with Crippen LogP contribution in [0.25, 0.3) is 5.82 Å². The summed E-state index contributed by atoms with van der Waals surface area (Å²) in [4.78, 5) is 15.4. The van der Waals surface area contributed by atoms with Crippen molar-refractivity contribution in [3.8, 4) is 5.82 Å². The molecule has 4 rings (SSSR count). The van der Waals surface area contributed by atoms with Crippen LogP contribution in [0.5, 0.6) is 0 Å². The molecule has 0 atom stereocenters. The van der Waals surface area contributed by atoms with Crippen LogP contribution in [0, 0.1) is 0 Å². The van der Waals surface area contributed by atoms with E-state index in [9.17, 15) is 0 Å². The third kappa shape index (κ3) is 6.15. The van der Waals surface area contributed by atoms with Crippen LogP contribution < -0.4 is 10.6 Å². The molecule has 1 aliphatic rings. The molecule has 0 radical (unpaired) electrons. The van der Waals surface area contributed by atoms with Crippen LogP contribution in [0.4, 0.5) is 0 Å². The lowest BCUT2D eigenvalue weighted by Crippen LogP contribution is -2.36. The molecule has 3 aromatic rings. The Morgan fingerprint density at radius 3 is 2.29 bits per heavy atom. The summed E-state index contributed by atoms with van der Waals surface area (Å²) in [7, 11) is 1.79. The largest absolute Gasteiger partial charge is 0.352 e. The fraction of sp³-hybridized carbons (Fsp3) is 0.375. The predicted molar refractivity (Wildman–Crippen MR) is 124 cm³/mol. The normalized spacial score (nSPS) is 15.1. The van der Waals surface area contributed by atoms with Gasteiger partial charge in [0, 0.05) is 45.3 Å². The molecule has 1 saturated heterocycles. The predicted octanol–water partition coefficient (Wildman–Crippen LogP) is 3.12. The van der Waals surface area contributed by atoms with Crippen LogP contribution in [-0.2, 0) is 19.6 Å². The van der Waals surface area contributed by atoms with Crippen molar-refractivity contribution in [1.82, 2.24) is 30.1 Å². The molecule has 2 N–H and O–H groups in total. The van der Waals surface area contributed by atoms with Gasteiger partial charge in [0.05, 0.1) is 0 Å². The number of likely N-dealkylation sites (tertiary alicyclic amines) is 1. The minimum absolute atomic E-state index is 0.658.